The van der Waals surface area contributed by atoms with Gasteiger partial charge < -0.3 is 25.2 Å². The molecule has 29 heavy (non-hydrogen) atoms. The summed E-state index contributed by atoms with van der Waals surface area (Å²) in [6.45, 7) is -0.410. The fraction of sp³-hybridized carbons (Fsp3) is 0.429. The van der Waals surface area contributed by atoms with Crippen LogP contribution in [0, 0.1) is 0 Å². The molecule has 14 nitrogen and oxygen atoms in total. The van der Waals surface area contributed by atoms with E-state index in [2.05, 4.69) is 19.9 Å². The maximum atomic E-state index is 12.3. The Kier molecular flexibility index (Phi) is 4.98. The summed E-state index contributed by atoms with van der Waals surface area (Å²) in [6, 6.07) is 0. The molecule has 3 aromatic heterocycles. The largest absolute Gasteiger partial charge is 0.437 e. The molecule has 1 aliphatic rings. The number of ether oxygens (including phenoxy) is 2. The molecule has 0 saturated carbocycles. The summed E-state index contributed by atoms with van der Waals surface area (Å²) in [6.07, 6.45) is 1.01. The highest BCUT2D eigenvalue weighted by atomic mass is 31.2. The van der Waals surface area contributed by atoms with Gasteiger partial charge in [0, 0.05) is 19.5 Å². The van der Waals surface area contributed by atoms with Gasteiger partial charge in [-0.25, -0.2) is 18.9 Å². The average molecular weight is 427 g/mol. The zero-order chi connectivity index (χ0) is 20.8. The maximum absolute atomic E-state index is 12.3. The lowest BCUT2D eigenvalue weighted by Crippen LogP contribution is -2.35. The number of hydrogen-bond donors (Lipinski definition) is 4. The molecule has 0 aromatic carbocycles. The van der Waals surface area contributed by atoms with Gasteiger partial charge in [0.2, 0.25) is 5.95 Å². The van der Waals surface area contributed by atoms with Crippen LogP contribution in [0.4, 0.5) is 5.95 Å². The van der Waals surface area contributed by atoms with Crippen molar-refractivity contribution in [2.45, 2.75) is 24.5 Å². The average Bonchev–Trinajstić information content (AvgIpc) is 3.39. The fourth-order valence-electron chi connectivity index (χ4n) is 3.10. The number of nitrogens with one attached hydrogen (secondary N) is 1. The van der Waals surface area contributed by atoms with Gasteiger partial charge in [0.25, 0.3) is 5.56 Å². The molecule has 0 amide bonds. The molecule has 1 fully saturated rings. The first kappa shape index (κ1) is 19.7. The van der Waals surface area contributed by atoms with Crippen LogP contribution in [0.25, 0.3) is 11.2 Å². The molecule has 0 aliphatic carbocycles. The first-order chi connectivity index (χ1) is 13.8. The number of anilines is 1. The molecule has 156 valence electrons. The van der Waals surface area contributed by atoms with Gasteiger partial charge in [-0.2, -0.15) is 4.98 Å². The first-order valence-corrected chi connectivity index (χ1v) is 9.89. The van der Waals surface area contributed by atoms with E-state index in [4.69, 9.17) is 19.7 Å². The van der Waals surface area contributed by atoms with Crippen LogP contribution in [0.3, 0.4) is 0 Å². The summed E-state index contributed by atoms with van der Waals surface area (Å²) in [5.74, 6) is -0.113. The quantitative estimate of drug-likeness (QED) is 0.347. The highest BCUT2D eigenvalue weighted by molar-refractivity contribution is 7.51. The van der Waals surface area contributed by atoms with Crippen molar-refractivity contribution in [1.82, 2.24) is 28.8 Å². The SMILES string of the molecule is COC1C(O)[C@@H](COP(=O)(O)n2ccnc2)O[C@H]1n1cnc2c(=O)[nH]c(N)nc21. The molecule has 5 atom stereocenters. The van der Waals surface area contributed by atoms with Crippen molar-refractivity contribution in [3.8, 4) is 0 Å². The van der Waals surface area contributed by atoms with Crippen molar-refractivity contribution in [1.29, 1.82) is 0 Å². The molecule has 0 spiro atoms. The Balaban J connectivity index is 1.58. The minimum atomic E-state index is -4.21. The molecule has 3 aromatic rings. The minimum absolute atomic E-state index is 0.0341. The van der Waals surface area contributed by atoms with Crippen LogP contribution >= 0.6 is 7.75 Å². The minimum Gasteiger partial charge on any atom is -0.387 e. The second-order valence-corrected chi connectivity index (χ2v) is 7.96. The number of rotatable bonds is 6. The number of imidazole rings is 2. The molecule has 3 unspecified atom stereocenters. The second-order valence-electron chi connectivity index (χ2n) is 6.26. The van der Waals surface area contributed by atoms with Gasteiger partial charge in [0.05, 0.1) is 12.9 Å². The summed E-state index contributed by atoms with van der Waals surface area (Å²) in [4.78, 5) is 36.1. The molecular weight excluding hydrogens is 409 g/mol. The Morgan fingerprint density at radius 2 is 2.24 bits per heavy atom. The van der Waals surface area contributed by atoms with E-state index in [1.54, 1.807) is 0 Å². The number of aromatic amines is 1. The number of aromatic nitrogens is 6. The Morgan fingerprint density at radius 1 is 1.45 bits per heavy atom. The van der Waals surface area contributed by atoms with Gasteiger partial charge in [0.1, 0.15) is 24.6 Å². The monoisotopic (exact) mass is 427 g/mol. The first-order valence-electron chi connectivity index (χ1n) is 8.36. The van der Waals surface area contributed by atoms with Gasteiger partial charge in [0.15, 0.2) is 17.4 Å². The molecule has 5 N–H and O–H groups in total. The topological polar surface area (TPSA) is 193 Å². The summed E-state index contributed by atoms with van der Waals surface area (Å²) >= 11 is 0. The van der Waals surface area contributed by atoms with Crippen molar-refractivity contribution >= 4 is 24.9 Å². The number of fused-ring (bicyclic) bond motifs is 1. The van der Waals surface area contributed by atoms with Crippen molar-refractivity contribution in [2.24, 2.45) is 0 Å². The number of nitrogen functional groups attached to an aromatic ring is 1. The number of aliphatic hydroxyl groups is 1. The van der Waals surface area contributed by atoms with E-state index in [1.807, 2.05) is 0 Å². The molecule has 0 bridgehead atoms. The van der Waals surface area contributed by atoms with Crippen LogP contribution in [0.1, 0.15) is 6.23 Å². The van der Waals surface area contributed by atoms with E-state index in [0.29, 0.717) is 0 Å². The number of hydrogen-bond acceptors (Lipinski definition) is 10. The third kappa shape index (κ3) is 3.46. The lowest BCUT2D eigenvalue weighted by Gasteiger charge is -2.19. The smallest absolute Gasteiger partial charge is 0.387 e. The third-order valence-corrected chi connectivity index (χ3v) is 5.80. The maximum Gasteiger partial charge on any atom is 0.437 e. The lowest BCUT2D eigenvalue weighted by atomic mass is 10.1. The Morgan fingerprint density at radius 3 is 2.93 bits per heavy atom. The van der Waals surface area contributed by atoms with E-state index in [1.165, 1.54) is 30.4 Å². The Labute approximate surface area is 162 Å². The van der Waals surface area contributed by atoms with Gasteiger partial charge in [-0.3, -0.25) is 18.9 Å². The van der Waals surface area contributed by atoms with Gasteiger partial charge >= 0.3 is 7.75 Å². The summed E-state index contributed by atoms with van der Waals surface area (Å²) in [5.41, 5.74) is 5.24. The number of methoxy groups -OCH3 is 1. The van der Waals surface area contributed by atoms with Gasteiger partial charge in [-0.15, -0.1) is 0 Å². The van der Waals surface area contributed by atoms with Crippen LogP contribution in [0.5, 0.6) is 0 Å². The zero-order valence-corrected chi connectivity index (χ0v) is 15.9. The van der Waals surface area contributed by atoms with Gasteiger partial charge in [-0.1, -0.05) is 0 Å². The number of nitrogens with zero attached hydrogens (tertiary/aromatic N) is 5. The van der Waals surface area contributed by atoms with Crippen molar-refractivity contribution in [3.63, 3.8) is 0 Å². The van der Waals surface area contributed by atoms with E-state index < -0.39 is 44.5 Å². The van der Waals surface area contributed by atoms with E-state index >= 15 is 0 Å². The molecule has 15 heteroatoms. The second kappa shape index (κ2) is 7.33. The van der Waals surface area contributed by atoms with Crippen LogP contribution in [-0.2, 0) is 18.6 Å². The summed E-state index contributed by atoms with van der Waals surface area (Å²) < 4.78 is 30.8. The van der Waals surface area contributed by atoms with Crippen LogP contribution in [-0.4, -0.2) is 70.9 Å². The molecule has 1 saturated heterocycles. The molecule has 0 radical (unpaired) electrons. The molecule has 4 rings (SSSR count). The predicted molar refractivity (Wildman–Crippen MR) is 96.7 cm³/mol. The van der Waals surface area contributed by atoms with E-state index in [-0.39, 0.29) is 17.1 Å². The molecule has 1 aliphatic heterocycles. The van der Waals surface area contributed by atoms with E-state index in [0.717, 1.165) is 10.7 Å². The van der Waals surface area contributed by atoms with Crippen molar-refractivity contribution in [2.75, 3.05) is 19.5 Å². The summed E-state index contributed by atoms with van der Waals surface area (Å²) in [5, 5.41) is 10.6. The third-order valence-electron chi connectivity index (χ3n) is 4.50. The number of H-pyrrole nitrogens is 1. The zero-order valence-electron chi connectivity index (χ0n) is 15.0. The van der Waals surface area contributed by atoms with Crippen LogP contribution in [0.2, 0.25) is 0 Å². The standard InChI is InChI=1S/C14H18N7O7P/c1-26-10-9(22)7(4-27-29(24,25)20-3-2-16-5-20)28-13(10)21-6-17-8-11(21)18-14(15)19-12(8)23/h2-3,5-7,9-10,13,22H,4H2,1H3,(H,24,25)(H3,15,18,19,23)/t7-,9?,10?,13-/m1/s1. The Bertz CT molecular complexity index is 1110. The number of aliphatic hydroxyl groups excluding tert-OH is 1. The highest BCUT2D eigenvalue weighted by Crippen LogP contribution is 2.44. The van der Waals surface area contributed by atoms with Crippen molar-refractivity contribution < 1.29 is 28.6 Å². The van der Waals surface area contributed by atoms with Gasteiger partial charge in [-0.05, 0) is 0 Å². The van der Waals surface area contributed by atoms with Crippen LogP contribution < -0.4 is 11.3 Å². The normalized spacial score (nSPS) is 26.7. The summed E-state index contributed by atoms with van der Waals surface area (Å²) in [7, 11) is -2.84. The predicted octanol–water partition coefficient (Wildman–Crippen LogP) is -1.16. The highest BCUT2D eigenvalue weighted by Gasteiger charge is 2.46. The van der Waals surface area contributed by atoms with Crippen molar-refractivity contribution in [3.05, 3.63) is 35.4 Å². The van der Waals surface area contributed by atoms with E-state index in [9.17, 15) is 19.4 Å². The molecule has 4 heterocycles. The van der Waals surface area contributed by atoms with Crippen LogP contribution in [0.15, 0.2) is 29.8 Å². The Hall–Kier alpha value is -2.61. The lowest BCUT2D eigenvalue weighted by molar-refractivity contribution is -0.0567. The molecular formula is C14H18N7O7P. The fourth-order valence-corrected chi connectivity index (χ4v) is 4.00. The number of nitrogens with two attached hydrogens (primary N) is 1.